The van der Waals surface area contributed by atoms with Crippen LogP contribution in [0.3, 0.4) is 0 Å². The molecule has 1 aromatic carbocycles. The topological polar surface area (TPSA) is 82.8 Å². The lowest BCUT2D eigenvalue weighted by atomic mass is 10.0. The lowest BCUT2D eigenvalue weighted by Gasteiger charge is -2.17. The van der Waals surface area contributed by atoms with Gasteiger partial charge in [-0.3, -0.25) is 14.3 Å². The first-order chi connectivity index (χ1) is 16.7. The molecule has 0 saturated heterocycles. The Bertz CT molecular complexity index is 1460. The first-order valence-corrected chi connectivity index (χ1v) is 11.8. The van der Waals surface area contributed by atoms with E-state index in [2.05, 4.69) is 28.8 Å². The minimum absolute atomic E-state index is 0.160. The molecule has 3 aromatic heterocycles. The predicted molar refractivity (Wildman–Crippen MR) is 137 cm³/mol. The summed E-state index contributed by atoms with van der Waals surface area (Å²) in [5.41, 5.74) is 6.52. The molecule has 4 aromatic rings. The van der Waals surface area contributed by atoms with Crippen LogP contribution < -0.4 is 10.3 Å². The number of ether oxygens (including phenoxy) is 1. The van der Waals surface area contributed by atoms with E-state index in [1.54, 1.807) is 11.5 Å². The van der Waals surface area contributed by atoms with Gasteiger partial charge >= 0.3 is 0 Å². The average Bonchev–Trinajstić information content (AvgIpc) is 2.82. The molecule has 0 fully saturated rings. The van der Waals surface area contributed by atoms with Crippen molar-refractivity contribution in [2.24, 2.45) is 0 Å². The zero-order valence-corrected chi connectivity index (χ0v) is 21.4. The third-order valence-electron chi connectivity index (χ3n) is 5.96. The van der Waals surface area contributed by atoms with Gasteiger partial charge in [-0.05, 0) is 63.9 Å². The SMILES string of the molecule is Cc1cccc(COc2nc(C)n(-c3cc(-c4nc(C(C)C)ncc4C)ccc3C)c(=O)c2C)n1. The van der Waals surface area contributed by atoms with Gasteiger partial charge in [-0.25, -0.2) is 9.97 Å². The van der Waals surface area contributed by atoms with Crippen molar-refractivity contribution in [1.29, 1.82) is 0 Å². The smallest absolute Gasteiger partial charge is 0.264 e. The second kappa shape index (κ2) is 9.78. The van der Waals surface area contributed by atoms with Crippen molar-refractivity contribution < 1.29 is 4.74 Å². The first-order valence-electron chi connectivity index (χ1n) is 11.8. The standard InChI is InChI=1S/C28H31N5O2/c1-16(2)26-29-14-18(4)25(32-26)22-12-11-17(3)24(13-22)33-21(7)31-27(20(6)28(33)34)35-15-23-10-8-9-19(5)30-23/h8-14,16H,15H2,1-7H3. The first kappa shape index (κ1) is 24.3. The van der Waals surface area contributed by atoms with Gasteiger partial charge in [-0.2, -0.15) is 4.98 Å². The van der Waals surface area contributed by atoms with Gasteiger partial charge in [0, 0.05) is 23.4 Å². The van der Waals surface area contributed by atoms with Crippen molar-refractivity contribution in [2.75, 3.05) is 0 Å². The number of pyridine rings is 1. The summed E-state index contributed by atoms with van der Waals surface area (Å²) in [5.74, 6) is 1.89. The molecule has 3 heterocycles. The number of benzene rings is 1. The lowest BCUT2D eigenvalue weighted by molar-refractivity contribution is 0.284. The van der Waals surface area contributed by atoms with E-state index in [4.69, 9.17) is 9.72 Å². The van der Waals surface area contributed by atoms with Crippen LogP contribution >= 0.6 is 0 Å². The van der Waals surface area contributed by atoms with Crippen LogP contribution in [0.25, 0.3) is 16.9 Å². The molecule has 0 aliphatic rings. The Balaban J connectivity index is 1.75. The highest BCUT2D eigenvalue weighted by Crippen LogP contribution is 2.27. The molecule has 0 bridgehead atoms. The molecule has 0 radical (unpaired) electrons. The molecule has 0 N–H and O–H groups in total. The lowest BCUT2D eigenvalue weighted by Crippen LogP contribution is -2.26. The number of rotatable bonds is 6. The van der Waals surface area contributed by atoms with Gasteiger partial charge in [0.15, 0.2) is 0 Å². The maximum absolute atomic E-state index is 13.5. The fourth-order valence-electron chi connectivity index (χ4n) is 3.96. The van der Waals surface area contributed by atoms with Crippen molar-refractivity contribution in [2.45, 2.75) is 61.0 Å². The monoisotopic (exact) mass is 469 g/mol. The van der Waals surface area contributed by atoms with Crippen LogP contribution in [-0.4, -0.2) is 24.5 Å². The fourth-order valence-corrected chi connectivity index (χ4v) is 3.96. The highest BCUT2D eigenvalue weighted by molar-refractivity contribution is 5.66. The quantitative estimate of drug-likeness (QED) is 0.380. The highest BCUT2D eigenvalue weighted by Gasteiger charge is 2.17. The van der Waals surface area contributed by atoms with Crippen molar-refractivity contribution in [3.63, 3.8) is 0 Å². The Morgan fingerprint density at radius 3 is 2.43 bits per heavy atom. The van der Waals surface area contributed by atoms with Crippen LogP contribution in [0.4, 0.5) is 0 Å². The average molecular weight is 470 g/mol. The van der Waals surface area contributed by atoms with Gasteiger partial charge in [0.25, 0.3) is 5.56 Å². The number of nitrogens with zero attached hydrogens (tertiary/aromatic N) is 5. The summed E-state index contributed by atoms with van der Waals surface area (Å²) >= 11 is 0. The molecule has 0 spiro atoms. The third-order valence-corrected chi connectivity index (χ3v) is 5.96. The van der Waals surface area contributed by atoms with E-state index >= 15 is 0 Å². The molecule has 7 heteroatoms. The van der Waals surface area contributed by atoms with Crippen LogP contribution in [0, 0.1) is 34.6 Å². The zero-order valence-electron chi connectivity index (χ0n) is 21.4. The van der Waals surface area contributed by atoms with Crippen LogP contribution in [-0.2, 0) is 6.61 Å². The van der Waals surface area contributed by atoms with E-state index in [1.807, 2.05) is 70.3 Å². The molecular weight excluding hydrogens is 438 g/mol. The van der Waals surface area contributed by atoms with Crippen molar-refractivity contribution in [3.8, 4) is 22.8 Å². The Labute approximate surface area is 205 Å². The van der Waals surface area contributed by atoms with Crippen molar-refractivity contribution in [3.05, 3.63) is 92.7 Å². The molecule has 0 unspecified atom stereocenters. The summed E-state index contributed by atoms with van der Waals surface area (Å²) in [6.45, 7) is 13.9. The molecule has 0 aliphatic heterocycles. The number of aromatic nitrogens is 5. The second-order valence-corrected chi connectivity index (χ2v) is 9.20. The highest BCUT2D eigenvalue weighted by atomic mass is 16.5. The van der Waals surface area contributed by atoms with Crippen LogP contribution in [0.2, 0.25) is 0 Å². The van der Waals surface area contributed by atoms with Crippen LogP contribution in [0.15, 0.2) is 47.4 Å². The molecule has 4 rings (SSSR count). The number of hydrogen-bond acceptors (Lipinski definition) is 6. The minimum atomic E-state index is -0.160. The Hall–Kier alpha value is -3.87. The molecule has 35 heavy (non-hydrogen) atoms. The molecule has 0 amide bonds. The molecule has 7 nitrogen and oxygen atoms in total. The molecule has 0 saturated carbocycles. The van der Waals surface area contributed by atoms with Gasteiger partial charge in [0.05, 0.1) is 22.6 Å². The summed E-state index contributed by atoms with van der Waals surface area (Å²) in [7, 11) is 0. The zero-order chi connectivity index (χ0) is 25.3. The summed E-state index contributed by atoms with van der Waals surface area (Å²) in [4.78, 5) is 31.8. The summed E-state index contributed by atoms with van der Waals surface area (Å²) in [5, 5.41) is 0. The van der Waals surface area contributed by atoms with Gasteiger partial charge in [0.2, 0.25) is 5.88 Å². The maximum Gasteiger partial charge on any atom is 0.264 e. The molecule has 0 atom stereocenters. The summed E-state index contributed by atoms with van der Waals surface area (Å²) < 4.78 is 7.55. The third kappa shape index (κ3) is 4.99. The Morgan fingerprint density at radius 1 is 0.943 bits per heavy atom. The minimum Gasteiger partial charge on any atom is -0.471 e. The van der Waals surface area contributed by atoms with E-state index in [9.17, 15) is 4.79 Å². The Kier molecular flexibility index (Phi) is 6.78. The van der Waals surface area contributed by atoms with Gasteiger partial charge in [-0.15, -0.1) is 0 Å². The normalized spacial score (nSPS) is 11.2. The number of aryl methyl sites for hydroxylation is 4. The van der Waals surface area contributed by atoms with E-state index in [0.29, 0.717) is 17.3 Å². The largest absolute Gasteiger partial charge is 0.471 e. The van der Waals surface area contributed by atoms with E-state index in [0.717, 1.165) is 45.3 Å². The fraction of sp³-hybridized carbons (Fsp3) is 0.321. The molecule has 0 aliphatic carbocycles. The summed E-state index contributed by atoms with van der Waals surface area (Å²) in [6.07, 6.45) is 1.86. The van der Waals surface area contributed by atoms with Crippen LogP contribution in [0.5, 0.6) is 5.88 Å². The number of hydrogen-bond donors (Lipinski definition) is 0. The van der Waals surface area contributed by atoms with Crippen molar-refractivity contribution in [1.82, 2.24) is 24.5 Å². The summed E-state index contributed by atoms with van der Waals surface area (Å²) in [6, 6.07) is 11.8. The van der Waals surface area contributed by atoms with E-state index in [-0.39, 0.29) is 18.1 Å². The molecule has 180 valence electrons. The second-order valence-electron chi connectivity index (χ2n) is 9.20. The molecular formula is C28H31N5O2. The van der Waals surface area contributed by atoms with Gasteiger partial charge < -0.3 is 4.74 Å². The van der Waals surface area contributed by atoms with Gasteiger partial charge in [-0.1, -0.05) is 32.0 Å². The van der Waals surface area contributed by atoms with Gasteiger partial charge in [0.1, 0.15) is 18.3 Å². The van der Waals surface area contributed by atoms with Crippen molar-refractivity contribution >= 4 is 0 Å². The van der Waals surface area contributed by atoms with E-state index in [1.165, 1.54) is 0 Å². The maximum atomic E-state index is 13.5. The van der Waals surface area contributed by atoms with Crippen LogP contribution in [0.1, 0.15) is 59.5 Å². The van der Waals surface area contributed by atoms with E-state index < -0.39 is 0 Å². The predicted octanol–water partition coefficient (Wildman–Crippen LogP) is 5.33. The Morgan fingerprint density at radius 2 is 1.71 bits per heavy atom.